The Morgan fingerprint density at radius 1 is 1.16 bits per heavy atom. The van der Waals surface area contributed by atoms with E-state index >= 15 is 0 Å². The molecule has 0 aliphatic heterocycles. The van der Waals surface area contributed by atoms with Gasteiger partial charge in [-0.1, -0.05) is 35.6 Å². The van der Waals surface area contributed by atoms with Crippen molar-refractivity contribution in [1.29, 1.82) is 0 Å². The lowest BCUT2D eigenvalue weighted by Crippen LogP contribution is -2.11. The van der Waals surface area contributed by atoms with Crippen LogP contribution in [0.5, 0.6) is 0 Å². The highest BCUT2D eigenvalue weighted by atomic mass is 32.1. The third kappa shape index (κ3) is 1.97. The van der Waals surface area contributed by atoms with E-state index in [-0.39, 0.29) is 4.96 Å². The minimum atomic E-state index is -4.56. The van der Waals surface area contributed by atoms with Gasteiger partial charge < -0.3 is 0 Å². The van der Waals surface area contributed by atoms with Crippen LogP contribution in [0.15, 0.2) is 24.3 Å². The van der Waals surface area contributed by atoms with Gasteiger partial charge in [0.15, 0.2) is 0 Å². The van der Waals surface area contributed by atoms with Crippen molar-refractivity contribution in [3.63, 3.8) is 0 Å². The van der Waals surface area contributed by atoms with Crippen LogP contribution in [0.3, 0.4) is 0 Å². The minimum Gasteiger partial charge on any atom is -0.178 e. The smallest absolute Gasteiger partial charge is 0.178 e. The number of aromatic nitrogens is 4. The van der Waals surface area contributed by atoms with Crippen molar-refractivity contribution in [2.24, 2.45) is 0 Å². The van der Waals surface area contributed by atoms with Crippen LogP contribution in [-0.4, -0.2) is 19.8 Å². The van der Waals surface area contributed by atoms with Crippen molar-refractivity contribution in [1.82, 2.24) is 19.8 Å². The van der Waals surface area contributed by atoms with E-state index in [1.54, 1.807) is 0 Å². The first-order valence-corrected chi connectivity index (χ1v) is 6.14. The SMILES string of the molecule is Cc1ccccc1-c1nn2c(C(F)(F)F)nnc2s1. The summed E-state index contributed by atoms with van der Waals surface area (Å²) in [5, 5.41) is 11.1. The monoisotopic (exact) mass is 284 g/mol. The fourth-order valence-corrected chi connectivity index (χ4v) is 2.65. The normalized spacial score (nSPS) is 12.2. The molecule has 8 heteroatoms. The second-order valence-electron chi connectivity index (χ2n) is 3.94. The molecule has 0 spiro atoms. The molecule has 0 fully saturated rings. The van der Waals surface area contributed by atoms with Crippen molar-refractivity contribution < 1.29 is 13.2 Å². The average Bonchev–Trinajstić information content (AvgIpc) is 2.86. The molecular formula is C11H7F3N4S. The predicted molar refractivity (Wildman–Crippen MR) is 63.8 cm³/mol. The summed E-state index contributed by atoms with van der Waals surface area (Å²) in [5.41, 5.74) is 1.74. The fraction of sp³-hybridized carbons (Fsp3) is 0.182. The summed E-state index contributed by atoms with van der Waals surface area (Å²) < 4.78 is 38.8. The van der Waals surface area contributed by atoms with Gasteiger partial charge in [-0.2, -0.15) is 22.8 Å². The quantitative estimate of drug-likeness (QED) is 0.689. The van der Waals surface area contributed by atoms with E-state index in [9.17, 15) is 13.2 Å². The molecule has 0 saturated heterocycles. The Labute approximate surface area is 109 Å². The lowest BCUT2D eigenvalue weighted by molar-refractivity contribution is -0.146. The summed E-state index contributed by atoms with van der Waals surface area (Å²) in [7, 11) is 0. The number of hydrogen-bond donors (Lipinski definition) is 0. The summed E-state index contributed by atoms with van der Waals surface area (Å²) in [5.74, 6) is -1.10. The van der Waals surface area contributed by atoms with E-state index in [2.05, 4.69) is 15.3 Å². The highest BCUT2D eigenvalue weighted by molar-refractivity contribution is 7.19. The zero-order valence-electron chi connectivity index (χ0n) is 9.64. The highest BCUT2D eigenvalue weighted by Gasteiger charge is 2.38. The number of alkyl halides is 3. The minimum absolute atomic E-state index is 0.130. The van der Waals surface area contributed by atoms with Gasteiger partial charge in [-0.3, -0.25) is 0 Å². The first-order chi connectivity index (χ1) is 8.97. The first kappa shape index (κ1) is 12.1. The molecule has 19 heavy (non-hydrogen) atoms. The van der Waals surface area contributed by atoms with E-state index in [0.717, 1.165) is 27.0 Å². The van der Waals surface area contributed by atoms with Crippen molar-refractivity contribution in [2.45, 2.75) is 13.1 Å². The number of benzene rings is 1. The summed E-state index contributed by atoms with van der Waals surface area (Å²) in [4.78, 5) is 0.130. The summed E-state index contributed by atoms with van der Waals surface area (Å²) in [6.45, 7) is 1.88. The van der Waals surface area contributed by atoms with E-state index < -0.39 is 12.0 Å². The van der Waals surface area contributed by atoms with Gasteiger partial charge >= 0.3 is 6.18 Å². The number of nitrogens with zero attached hydrogens (tertiary/aromatic N) is 4. The largest absolute Gasteiger partial charge is 0.453 e. The summed E-state index contributed by atoms with van der Waals surface area (Å²) >= 11 is 1.08. The Balaban J connectivity index is 2.18. The Morgan fingerprint density at radius 3 is 2.58 bits per heavy atom. The number of aryl methyl sites for hydroxylation is 1. The maximum atomic E-state index is 12.7. The molecule has 0 aliphatic carbocycles. The van der Waals surface area contributed by atoms with Crippen LogP contribution in [-0.2, 0) is 6.18 Å². The van der Waals surface area contributed by atoms with Gasteiger partial charge in [-0.05, 0) is 12.5 Å². The number of rotatable bonds is 1. The molecular weight excluding hydrogens is 277 g/mol. The molecule has 3 aromatic rings. The van der Waals surface area contributed by atoms with Gasteiger partial charge in [0.25, 0.3) is 5.82 Å². The lowest BCUT2D eigenvalue weighted by atomic mass is 10.1. The molecule has 0 unspecified atom stereocenters. The van der Waals surface area contributed by atoms with E-state index in [0.29, 0.717) is 5.01 Å². The Bertz CT molecular complexity index is 744. The summed E-state index contributed by atoms with van der Waals surface area (Å²) in [6, 6.07) is 7.37. The van der Waals surface area contributed by atoms with Crippen molar-refractivity contribution in [2.75, 3.05) is 0 Å². The maximum Gasteiger partial charge on any atom is 0.453 e. The van der Waals surface area contributed by atoms with Crippen LogP contribution in [0.4, 0.5) is 13.2 Å². The van der Waals surface area contributed by atoms with Crippen LogP contribution in [0.1, 0.15) is 11.4 Å². The Kier molecular flexibility index (Phi) is 2.56. The second kappa shape index (κ2) is 4.02. The standard InChI is InChI=1S/C11H7F3N4S/c1-6-4-2-3-5-7(6)8-17-18-9(11(12,13)14)15-16-10(18)19-8/h2-5H,1H3. The first-order valence-electron chi connectivity index (χ1n) is 5.32. The van der Waals surface area contributed by atoms with Crippen molar-refractivity contribution in [3.05, 3.63) is 35.7 Å². The number of fused-ring (bicyclic) bond motifs is 1. The molecule has 2 heterocycles. The predicted octanol–water partition coefficient (Wildman–Crippen LogP) is 3.18. The Hall–Kier alpha value is -1.96. The fourth-order valence-electron chi connectivity index (χ4n) is 1.72. The average molecular weight is 284 g/mol. The third-order valence-electron chi connectivity index (χ3n) is 2.62. The van der Waals surface area contributed by atoms with Crippen molar-refractivity contribution >= 4 is 16.3 Å². The van der Waals surface area contributed by atoms with E-state index in [1.165, 1.54) is 0 Å². The lowest BCUT2D eigenvalue weighted by Gasteiger charge is -2.01. The molecule has 3 rings (SSSR count). The Morgan fingerprint density at radius 2 is 1.89 bits per heavy atom. The maximum absolute atomic E-state index is 12.7. The van der Waals surface area contributed by atoms with Crippen LogP contribution in [0.25, 0.3) is 15.5 Å². The van der Waals surface area contributed by atoms with E-state index in [1.807, 2.05) is 31.2 Å². The zero-order valence-corrected chi connectivity index (χ0v) is 10.5. The van der Waals surface area contributed by atoms with Gasteiger partial charge in [-0.15, -0.1) is 10.2 Å². The third-order valence-corrected chi connectivity index (χ3v) is 3.55. The van der Waals surface area contributed by atoms with Gasteiger partial charge in [0, 0.05) is 5.56 Å². The highest BCUT2D eigenvalue weighted by Crippen LogP contribution is 2.32. The van der Waals surface area contributed by atoms with Crippen LogP contribution in [0, 0.1) is 6.92 Å². The zero-order chi connectivity index (χ0) is 13.6. The molecule has 0 aliphatic rings. The molecule has 1 aromatic carbocycles. The van der Waals surface area contributed by atoms with Gasteiger partial charge in [-0.25, -0.2) is 0 Å². The van der Waals surface area contributed by atoms with Crippen LogP contribution in [0.2, 0.25) is 0 Å². The topological polar surface area (TPSA) is 43.1 Å². The molecule has 0 saturated carbocycles. The number of hydrogen-bond acceptors (Lipinski definition) is 4. The van der Waals surface area contributed by atoms with E-state index in [4.69, 9.17) is 0 Å². The summed E-state index contributed by atoms with van der Waals surface area (Å²) in [6.07, 6.45) is -4.56. The van der Waals surface area contributed by atoms with Crippen LogP contribution < -0.4 is 0 Å². The van der Waals surface area contributed by atoms with Gasteiger partial charge in [0.05, 0.1) is 0 Å². The van der Waals surface area contributed by atoms with Gasteiger partial charge in [0.2, 0.25) is 4.96 Å². The van der Waals surface area contributed by atoms with Gasteiger partial charge in [0.1, 0.15) is 5.01 Å². The molecule has 4 nitrogen and oxygen atoms in total. The molecule has 2 aromatic heterocycles. The van der Waals surface area contributed by atoms with Crippen molar-refractivity contribution in [3.8, 4) is 10.6 Å². The van der Waals surface area contributed by atoms with Crippen LogP contribution >= 0.6 is 11.3 Å². The molecule has 0 radical (unpaired) electrons. The second-order valence-corrected chi connectivity index (χ2v) is 4.89. The molecule has 0 bridgehead atoms. The number of halogens is 3. The molecule has 98 valence electrons. The molecule has 0 N–H and O–H groups in total. The molecule has 0 atom stereocenters. The molecule has 0 amide bonds.